The van der Waals surface area contributed by atoms with Gasteiger partial charge in [-0.2, -0.15) is 0 Å². The summed E-state index contributed by atoms with van der Waals surface area (Å²) < 4.78 is 5.67. The molecule has 1 heterocycles. The molecule has 0 saturated heterocycles. The normalized spacial score (nSPS) is 12.8. The third-order valence-corrected chi connectivity index (χ3v) is 4.15. The van der Waals surface area contributed by atoms with Gasteiger partial charge in [-0.05, 0) is 41.7 Å². The molecular formula is C19H22N2O2. The number of aryl methyl sites for hydroxylation is 2. The first-order chi connectivity index (χ1) is 11.1. The van der Waals surface area contributed by atoms with Crippen molar-refractivity contribution in [1.29, 1.82) is 0 Å². The van der Waals surface area contributed by atoms with Crippen LogP contribution < -0.4 is 15.4 Å². The molecule has 1 aliphatic heterocycles. The predicted octanol–water partition coefficient (Wildman–Crippen LogP) is 2.60. The van der Waals surface area contributed by atoms with E-state index in [1.807, 2.05) is 32.0 Å². The number of carbonyl (C=O) groups is 1. The number of amides is 1. The number of benzene rings is 2. The van der Waals surface area contributed by atoms with Gasteiger partial charge in [0.15, 0.2) is 6.61 Å². The molecule has 0 aromatic heterocycles. The van der Waals surface area contributed by atoms with Gasteiger partial charge in [0.05, 0.1) is 0 Å². The van der Waals surface area contributed by atoms with Crippen LogP contribution in [0.15, 0.2) is 36.4 Å². The molecule has 0 unspecified atom stereocenters. The quantitative estimate of drug-likeness (QED) is 0.892. The van der Waals surface area contributed by atoms with Gasteiger partial charge in [0.25, 0.3) is 5.91 Å². The van der Waals surface area contributed by atoms with Gasteiger partial charge in [0.2, 0.25) is 0 Å². The van der Waals surface area contributed by atoms with E-state index in [9.17, 15) is 4.79 Å². The highest BCUT2D eigenvalue weighted by molar-refractivity contribution is 5.77. The second-order valence-corrected chi connectivity index (χ2v) is 5.99. The van der Waals surface area contributed by atoms with Crippen molar-refractivity contribution in [2.24, 2.45) is 0 Å². The highest BCUT2D eigenvalue weighted by Gasteiger charge is 2.11. The number of fused-ring (bicyclic) bond motifs is 1. The fraction of sp³-hybridized carbons (Fsp3) is 0.316. The van der Waals surface area contributed by atoms with Gasteiger partial charge in [-0.3, -0.25) is 4.79 Å². The molecule has 0 saturated carbocycles. The highest BCUT2D eigenvalue weighted by Crippen LogP contribution is 2.22. The minimum Gasteiger partial charge on any atom is -0.483 e. The van der Waals surface area contributed by atoms with Gasteiger partial charge in [-0.1, -0.05) is 36.4 Å². The average Bonchev–Trinajstić information content (AvgIpc) is 3.00. The number of ether oxygens (including phenoxy) is 1. The largest absolute Gasteiger partial charge is 0.483 e. The summed E-state index contributed by atoms with van der Waals surface area (Å²) in [5.41, 5.74) is 5.88. The lowest BCUT2D eigenvalue weighted by molar-refractivity contribution is -0.123. The summed E-state index contributed by atoms with van der Waals surface area (Å²) in [6.45, 7) is 6.39. The van der Waals surface area contributed by atoms with Crippen LogP contribution in [-0.4, -0.2) is 12.5 Å². The molecule has 0 aliphatic carbocycles. The van der Waals surface area contributed by atoms with E-state index in [1.54, 1.807) is 0 Å². The molecule has 2 N–H and O–H groups in total. The first kappa shape index (κ1) is 15.6. The first-order valence-electron chi connectivity index (χ1n) is 7.90. The second kappa shape index (κ2) is 6.84. The molecular weight excluding hydrogens is 288 g/mol. The molecule has 2 aromatic carbocycles. The lowest BCUT2D eigenvalue weighted by Crippen LogP contribution is -2.28. The highest BCUT2D eigenvalue weighted by atomic mass is 16.5. The van der Waals surface area contributed by atoms with E-state index in [4.69, 9.17) is 4.74 Å². The molecule has 0 radical (unpaired) electrons. The Kier molecular flexibility index (Phi) is 4.63. The summed E-state index contributed by atoms with van der Waals surface area (Å²) in [4.78, 5) is 12.0. The molecule has 120 valence electrons. The maximum Gasteiger partial charge on any atom is 0.258 e. The van der Waals surface area contributed by atoms with Crippen LogP contribution in [0, 0.1) is 13.8 Å². The number of carbonyl (C=O) groups excluding carboxylic acids is 1. The van der Waals surface area contributed by atoms with E-state index < -0.39 is 0 Å². The lowest BCUT2D eigenvalue weighted by atomic mass is 10.1. The van der Waals surface area contributed by atoms with Crippen molar-refractivity contribution in [3.8, 4) is 5.75 Å². The third kappa shape index (κ3) is 3.71. The maximum absolute atomic E-state index is 12.0. The van der Waals surface area contributed by atoms with Crippen LogP contribution in [0.2, 0.25) is 0 Å². The van der Waals surface area contributed by atoms with Crippen LogP contribution in [0.3, 0.4) is 0 Å². The van der Waals surface area contributed by atoms with Crippen molar-refractivity contribution < 1.29 is 9.53 Å². The summed E-state index contributed by atoms with van der Waals surface area (Å²) in [6.07, 6.45) is 0. The van der Waals surface area contributed by atoms with Gasteiger partial charge in [0, 0.05) is 19.6 Å². The third-order valence-electron chi connectivity index (χ3n) is 4.15. The molecule has 4 heteroatoms. The number of para-hydroxylation sites is 1. The van der Waals surface area contributed by atoms with E-state index in [-0.39, 0.29) is 12.5 Å². The topological polar surface area (TPSA) is 50.4 Å². The van der Waals surface area contributed by atoms with E-state index >= 15 is 0 Å². The van der Waals surface area contributed by atoms with Gasteiger partial charge in [-0.25, -0.2) is 0 Å². The SMILES string of the molecule is Cc1cccc(C)c1OCC(=O)NCc1ccc2c(c1)CNC2. The van der Waals surface area contributed by atoms with Crippen molar-refractivity contribution in [1.82, 2.24) is 10.6 Å². The molecule has 0 spiro atoms. The zero-order valence-electron chi connectivity index (χ0n) is 13.6. The monoisotopic (exact) mass is 310 g/mol. The Balaban J connectivity index is 1.52. The minimum absolute atomic E-state index is 0.0399. The number of hydrogen-bond donors (Lipinski definition) is 2. The Morgan fingerprint density at radius 3 is 2.65 bits per heavy atom. The van der Waals surface area contributed by atoms with Crippen molar-refractivity contribution >= 4 is 5.91 Å². The maximum atomic E-state index is 12.0. The zero-order chi connectivity index (χ0) is 16.2. The van der Waals surface area contributed by atoms with Gasteiger partial charge in [-0.15, -0.1) is 0 Å². The van der Waals surface area contributed by atoms with E-state index in [0.717, 1.165) is 35.5 Å². The Hall–Kier alpha value is -2.33. The Labute approximate surface area is 136 Å². The summed E-state index contributed by atoms with van der Waals surface area (Å²) in [6, 6.07) is 12.3. The van der Waals surface area contributed by atoms with Crippen LogP contribution in [-0.2, 0) is 24.4 Å². The van der Waals surface area contributed by atoms with Gasteiger partial charge >= 0.3 is 0 Å². The molecule has 3 rings (SSSR count). The van der Waals surface area contributed by atoms with Crippen molar-refractivity contribution in [3.63, 3.8) is 0 Å². The molecule has 0 fully saturated rings. The Morgan fingerprint density at radius 1 is 1.13 bits per heavy atom. The first-order valence-corrected chi connectivity index (χ1v) is 7.90. The molecule has 1 amide bonds. The predicted molar refractivity (Wildman–Crippen MR) is 90.2 cm³/mol. The van der Waals surface area contributed by atoms with Crippen LogP contribution in [0.5, 0.6) is 5.75 Å². The fourth-order valence-electron chi connectivity index (χ4n) is 2.87. The average molecular weight is 310 g/mol. The minimum atomic E-state index is -0.105. The molecule has 4 nitrogen and oxygen atoms in total. The molecule has 0 atom stereocenters. The number of hydrogen-bond acceptors (Lipinski definition) is 3. The van der Waals surface area contributed by atoms with Crippen molar-refractivity contribution in [2.75, 3.05) is 6.61 Å². The second-order valence-electron chi connectivity index (χ2n) is 5.99. The van der Waals surface area contributed by atoms with Gasteiger partial charge in [0.1, 0.15) is 5.75 Å². The van der Waals surface area contributed by atoms with Crippen LogP contribution >= 0.6 is 0 Å². The Bertz CT molecular complexity index is 705. The summed E-state index contributed by atoms with van der Waals surface area (Å²) >= 11 is 0. The van der Waals surface area contributed by atoms with Crippen LogP contribution in [0.1, 0.15) is 27.8 Å². The van der Waals surface area contributed by atoms with Crippen molar-refractivity contribution in [2.45, 2.75) is 33.5 Å². The van der Waals surface area contributed by atoms with E-state index in [2.05, 4.69) is 28.8 Å². The standard InChI is InChI=1S/C19H22N2O2/c1-13-4-3-5-14(2)19(13)23-12-18(22)21-9-15-6-7-16-10-20-11-17(16)8-15/h3-8,20H,9-12H2,1-2H3,(H,21,22). The molecule has 23 heavy (non-hydrogen) atoms. The fourth-order valence-corrected chi connectivity index (χ4v) is 2.87. The van der Waals surface area contributed by atoms with Gasteiger partial charge < -0.3 is 15.4 Å². The number of nitrogens with one attached hydrogen (secondary N) is 2. The molecule has 0 bridgehead atoms. The number of rotatable bonds is 5. The van der Waals surface area contributed by atoms with Crippen LogP contribution in [0.25, 0.3) is 0 Å². The molecule has 2 aromatic rings. The molecule has 1 aliphatic rings. The zero-order valence-corrected chi connectivity index (χ0v) is 13.6. The van der Waals surface area contributed by atoms with E-state index in [1.165, 1.54) is 11.1 Å². The lowest BCUT2D eigenvalue weighted by Gasteiger charge is -2.12. The van der Waals surface area contributed by atoms with E-state index in [0.29, 0.717) is 6.54 Å². The Morgan fingerprint density at radius 2 is 1.87 bits per heavy atom. The summed E-state index contributed by atoms with van der Waals surface area (Å²) in [5.74, 6) is 0.692. The smallest absolute Gasteiger partial charge is 0.258 e. The summed E-state index contributed by atoms with van der Waals surface area (Å²) in [5, 5.41) is 6.24. The van der Waals surface area contributed by atoms with Crippen LogP contribution in [0.4, 0.5) is 0 Å². The van der Waals surface area contributed by atoms with Crippen molar-refractivity contribution in [3.05, 3.63) is 64.2 Å². The summed E-state index contributed by atoms with van der Waals surface area (Å²) in [7, 11) is 0.